The number of nitrogens with one attached hydrogen (secondary N) is 2. The zero-order chi connectivity index (χ0) is 19.8. The third-order valence-corrected chi connectivity index (χ3v) is 4.54. The monoisotopic (exact) mass is 424 g/mol. The lowest BCUT2D eigenvalue weighted by atomic mass is 10.3. The quantitative estimate of drug-likeness (QED) is 0.571. The zero-order valence-electron chi connectivity index (χ0n) is 16.9. The van der Waals surface area contributed by atoms with E-state index in [9.17, 15) is 4.79 Å². The molecule has 29 heavy (non-hydrogen) atoms. The Morgan fingerprint density at radius 3 is 2.59 bits per heavy atom. The number of ether oxygens (including phenoxy) is 2. The molecule has 0 saturated carbocycles. The van der Waals surface area contributed by atoms with Crippen molar-refractivity contribution in [3.63, 3.8) is 0 Å². The van der Waals surface area contributed by atoms with Gasteiger partial charge in [0.05, 0.1) is 18.0 Å². The Hall–Kier alpha value is -2.20. The first-order chi connectivity index (χ1) is 13.7. The molecule has 1 fully saturated rings. The van der Waals surface area contributed by atoms with Gasteiger partial charge in [-0.15, -0.1) is 17.5 Å². The Bertz CT molecular complexity index is 762. The summed E-state index contributed by atoms with van der Waals surface area (Å²) in [5.41, 5.74) is 1.71. The van der Waals surface area contributed by atoms with Gasteiger partial charge < -0.3 is 20.1 Å². The number of benzene rings is 1. The van der Waals surface area contributed by atoms with Crippen LogP contribution in [0.15, 0.2) is 24.3 Å². The SMILES string of the molecule is COCCOc1ccc(-n2nc(C)c(C(=O)NCCN3CCNCC3)n2)cc1.Cl. The summed E-state index contributed by atoms with van der Waals surface area (Å²) in [5, 5.41) is 15.0. The van der Waals surface area contributed by atoms with Gasteiger partial charge in [0.1, 0.15) is 12.4 Å². The minimum atomic E-state index is -0.196. The lowest BCUT2D eigenvalue weighted by Crippen LogP contribution is -2.46. The second-order valence-electron chi connectivity index (χ2n) is 6.61. The molecule has 10 heteroatoms. The van der Waals surface area contributed by atoms with Gasteiger partial charge in [-0.2, -0.15) is 9.90 Å². The molecule has 1 aliphatic rings. The fourth-order valence-corrected chi connectivity index (χ4v) is 2.97. The molecule has 3 rings (SSSR count). The number of hydrogen-bond acceptors (Lipinski definition) is 7. The molecule has 1 aromatic carbocycles. The van der Waals surface area contributed by atoms with Crippen molar-refractivity contribution in [1.29, 1.82) is 0 Å². The average Bonchev–Trinajstić information content (AvgIpc) is 3.11. The first-order valence-electron chi connectivity index (χ1n) is 9.55. The van der Waals surface area contributed by atoms with Crippen LogP contribution in [-0.4, -0.2) is 85.4 Å². The highest BCUT2D eigenvalue weighted by Gasteiger charge is 2.17. The second kappa shape index (κ2) is 11.7. The summed E-state index contributed by atoms with van der Waals surface area (Å²) in [5.74, 6) is 0.550. The van der Waals surface area contributed by atoms with Crippen LogP contribution in [0.3, 0.4) is 0 Å². The summed E-state index contributed by atoms with van der Waals surface area (Å²) in [4.78, 5) is 16.3. The molecule has 0 radical (unpaired) electrons. The van der Waals surface area contributed by atoms with E-state index in [4.69, 9.17) is 9.47 Å². The molecule has 0 atom stereocenters. The highest BCUT2D eigenvalue weighted by Crippen LogP contribution is 2.15. The van der Waals surface area contributed by atoms with Crippen LogP contribution in [0.4, 0.5) is 0 Å². The molecule has 0 aliphatic carbocycles. The molecule has 1 aromatic heterocycles. The number of halogens is 1. The molecule has 2 aromatic rings. The number of aryl methyl sites for hydroxylation is 1. The topological polar surface area (TPSA) is 93.5 Å². The molecular weight excluding hydrogens is 396 g/mol. The summed E-state index contributed by atoms with van der Waals surface area (Å²) in [6, 6.07) is 7.40. The number of rotatable bonds is 9. The van der Waals surface area contributed by atoms with E-state index >= 15 is 0 Å². The number of nitrogens with zero attached hydrogens (tertiary/aromatic N) is 4. The summed E-state index contributed by atoms with van der Waals surface area (Å²) >= 11 is 0. The van der Waals surface area contributed by atoms with E-state index < -0.39 is 0 Å². The molecule has 0 spiro atoms. The number of aromatic nitrogens is 3. The molecule has 1 aliphatic heterocycles. The number of carbonyl (C=O) groups excluding carboxylic acids is 1. The Morgan fingerprint density at radius 2 is 1.90 bits per heavy atom. The Balaban J connectivity index is 0.00000300. The maximum Gasteiger partial charge on any atom is 0.273 e. The standard InChI is InChI=1S/C19H28N6O3.ClH/c1-15-18(19(26)21-9-12-24-10-7-20-8-11-24)23-25(22-15)16-3-5-17(6-4-16)28-14-13-27-2;/h3-6,20H,7-14H2,1-2H3,(H,21,26);1H. The third-order valence-electron chi connectivity index (χ3n) is 4.54. The number of carbonyl (C=O) groups is 1. The lowest BCUT2D eigenvalue weighted by Gasteiger charge is -2.26. The largest absolute Gasteiger partial charge is 0.491 e. The van der Waals surface area contributed by atoms with Gasteiger partial charge in [-0.25, -0.2) is 0 Å². The van der Waals surface area contributed by atoms with Gasteiger partial charge in [0.2, 0.25) is 0 Å². The van der Waals surface area contributed by atoms with Crippen molar-refractivity contribution in [3.05, 3.63) is 35.7 Å². The molecule has 0 unspecified atom stereocenters. The Morgan fingerprint density at radius 1 is 1.17 bits per heavy atom. The van der Waals surface area contributed by atoms with Crippen LogP contribution in [0.2, 0.25) is 0 Å². The average molecular weight is 425 g/mol. The molecule has 2 heterocycles. The minimum Gasteiger partial charge on any atom is -0.491 e. The molecular formula is C19H29ClN6O3. The van der Waals surface area contributed by atoms with E-state index in [0.717, 1.165) is 44.2 Å². The highest BCUT2D eigenvalue weighted by atomic mass is 35.5. The summed E-state index contributed by atoms with van der Waals surface area (Å²) in [7, 11) is 1.64. The maximum atomic E-state index is 12.5. The Labute approximate surface area is 177 Å². The third kappa shape index (κ3) is 6.67. The zero-order valence-corrected chi connectivity index (χ0v) is 17.7. The number of methoxy groups -OCH3 is 1. The number of amides is 1. The molecule has 1 amide bonds. The van der Waals surface area contributed by atoms with Crippen LogP contribution in [0.5, 0.6) is 5.75 Å². The van der Waals surface area contributed by atoms with Crippen LogP contribution in [0.25, 0.3) is 5.69 Å². The predicted molar refractivity (Wildman–Crippen MR) is 112 cm³/mol. The van der Waals surface area contributed by atoms with E-state index in [-0.39, 0.29) is 18.3 Å². The van der Waals surface area contributed by atoms with Crippen LogP contribution in [0, 0.1) is 6.92 Å². The Kier molecular flexibility index (Phi) is 9.33. The van der Waals surface area contributed by atoms with Gasteiger partial charge in [0.15, 0.2) is 5.69 Å². The minimum absolute atomic E-state index is 0. The van der Waals surface area contributed by atoms with Crippen molar-refractivity contribution in [3.8, 4) is 11.4 Å². The van der Waals surface area contributed by atoms with Gasteiger partial charge in [-0.3, -0.25) is 9.69 Å². The lowest BCUT2D eigenvalue weighted by molar-refractivity contribution is 0.0941. The second-order valence-corrected chi connectivity index (χ2v) is 6.61. The van der Waals surface area contributed by atoms with Crippen molar-refractivity contribution in [2.75, 3.05) is 59.6 Å². The van der Waals surface area contributed by atoms with Gasteiger partial charge in [-0.05, 0) is 31.2 Å². The predicted octanol–water partition coefficient (Wildman–Crippen LogP) is 0.658. The van der Waals surface area contributed by atoms with E-state index in [2.05, 4.69) is 25.7 Å². The van der Waals surface area contributed by atoms with E-state index in [0.29, 0.717) is 31.1 Å². The van der Waals surface area contributed by atoms with Crippen molar-refractivity contribution >= 4 is 18.3 Å². The van der Waals surface area contributed by atoms with Gasteiger partial charge in [0.25, 0.3) is 5.91 Å². The first kappa shape index (κ1) is 23.1. The van der Waals surface area contributed by atoms with Gasteiger partial charge in [0, 0.05) is 46.4 Å². The van der Waals surface area contributed by atoms with Gasteiger partial charge >= 0.3 is 0 Å². The fourth-order valence-electron chi connectivity index (χ4n) is 2.97. The van der Waals surface area contributed by atoms with Crippen molar-refractivity contribution in [1.82, 2.24) is 30.5 Å². The smallest absolute Gasteiger partial charge is 0.273 e. The number of hydrogen-bond donors (Lipinski definition) is 2. The van der Waals surface area contributed by atoms with Crippen molar-refractivity contribution < 1.29 is 14.3 Å². The summed E-state index contributed by atoms with van der Waals surface area (Å²) < 4.78 is 10.5. The summed E-state index contributed by atoms with van der Waals surface area (Å²) in [6.07, 6.45) is 0. The van der Waals surface area contributed by atoms with Gasteiger partial charge in [-0.1, -0.05) is 0 Å². The van der Waals surface area contributed by atoms with Crippen molar-refractivity contribution in [2.45, 2.75) is 6.92 Å². The van der Waals surface area contributed by atoms with E-state index in [1.165, 1.54) is 4.80 Å². The van der Waals surface area contributed by atoms with Crippen LogP contribution < -0.4 is 15.4 Å². The fraction of sp³-hybridized carbons (Fsp3) is 0.526. The van der Waals surface area contributed by atoms with Crippen LogP contribution in [-0.2, 0) is 4.74 Å². The summed E-state index contributed by atoms with van der Waals surface area (Å²) in [6.45, 7) is 8.27. The van der Waals surface area contributed by atoms with Crippen LogP contribution in [0.1, 0.15) is 16.2 Å². The molecule has 2 N–H and O–H groups in total. The first-order valence-corrected chi connectivity index (χ1v) is 9.55. The van der Waals surface area contributed by atoms with Crippen LogP contribution >= 0.6 is 12.4 Å². The van der Waals surface area contributed by atoms with E-state index in [1.54, 1.807) is 14.0 Å². The van der Waals surface area contributed by atoms with Crippen molar-refractivity contribution in [2.24, 2.45) is 0 Å². The maximum absolute atomic E-state index is 12.5. The van der Waals surface area contributed by atoms with E-state index in [1.807, 2.05) is 24.3 Å². The molecule has 160 valence electrons. The molecule has 9 nitrogen and oxygen atoms in total. The normalized spacial score (nSPS) is 14.3. The highest BCUT2D eigenvalue weighted by molar-refractivity contribution is 5.93. The number of piperazine rings is 1. The molecule has 1 saturated heterocycles. The molecule has 0 bridgehead atoms.